The fourth-order valence-electron chi connectivity index (χ4n) is 4.63. The third-order valence-corrected chi connectivity index (χ3v) is 11.1. The van der Waals surface area contributed by atoms with Gasteiger partial charge in [-0.3, -0.25) is 0 Å². The molecule has 9 heteroatoms. The molecule has 1 unspecified atom stereocenters. The van der Waals surface area contributed by atoms with E-state index in [0.717, 1.165) is 22.3 Å². The molecule has 0 bridgehead atoms. The van der Waals surface area contributed by atoms with E-state index < -0.39 is 25.6 Å². The Morgan fingerprint density at radius 1 is 0.667 bits per heavy atom. The average molecular weight is 681 g/mol. The summed E-state index contributed by atoms with van der Waals surface area (Å²) in [6, 6.07) is 31.0. The molecule has 1 atom stereocenters. The molecule has 248 valence electrons. The van der Waals surface area contributed by atoms with Crippen LogP contribution in [0.5, 0.6) is 0 Å². The van der Waals surface area contributed by atoms with Gasteiger partial charge in [-0.2, -0.15) is 8.61 Å². The lowest BCUT2D eigenvalue weighted by Gasteiger charge is -2.21. The number of hydrogen-bond donors (Lipinski definition) is 1. The summed E-state index contributed by atoms with van der Waals surface area (Å²) in [6.07, 6.45) is 1.80. The van der Waals surface area contributed by atoms with Gasteiger partial charge in [0.15, 0.2) is 0 Å². The molecule has 0 amide bonds. The number of sulfonamides is 2. The molecule has 4 rings (SSSR count). The number of aliphatic hydroxyl groups is 1. The third-order valence-electron chi connectivity index (χ3n) is 7.46. The molecule has 1 N–H and O–H groups in total. The van der Waals surface area contributed by atoms with E-state index in [-0.39, 0.29) is 36.0 Å². The van der Waals surface area contributed by atoms with Gasteiger partial charge in [0.25, 0.3) is 0 Å². The molecule has 0 aromatic heterocycles. The van der Waals surface area contributed by atoms with Crippen molar-refractivity contribution in [2.45, 2.75) is 49.6 Å². The first kappa shape index (κ1) is 36.4. The maximum Gasteiger partial charge on any atom is 0.244 e. The fraction of sp³-hybridized carbons (Fsp3) is 0.231. The highest BCUT2D eigenvalue weighted by atomic mass is 32.2. The molecule has 0 aliphatic heterocycles. The highest BCUT2D eigenvalue weighted by Crippen LogP contribution is 2.22. The summed E-state index contributed by atoms with van der Waals surface area (Å²) in [5, 5.41) is 11.8. The van der Waals surface area contributed by atoms with Crippen molar-refractivity contribution in [2.75, 3.05) is 19.6 Å². The second kappa shape index (κ2) is 16.1. The monoisotopic (exact) mass is 680 g/mol. The Bertz CT molecular complexity index is 2050. The molecule has 0 heterocycles. The zero-order chi connectivity index (χ0) is 34.8. The quantitative estimate of drug-likeness (QED) is 0.154. The van der Waals surface area contributed by atoms with Gasteiger partial charge in [0, 0.05) is 18.7 Å². The molecule has 0 aliphatic carbocycles. The molecule has 4 aromatic carbocycles. The van der Waals surface area contributed by atoms with Crippen LogP contribution < -0.4 is 0 Å². The van der Waals surface area contributed by atoms with Gasteiger partial charge < -0.3 is 5.11 Å². The van der Waals surface area contributed by atoms with Crippen LogP contribution in [0.4, 0.5) is 0 Å². The maximum atomic E-state index is 13.8. The minimum atomic E-state index is -3.95. The number of benzene rings is 4. The zero-order valence-corrected chi connectivity index (χ0v) is 29.2. The largest absolute Gasteiger partial charge is 0.364 e. The lowest BCUT2D eigenvalue weighted by Crippen LogP contribution is -2.32. The van der Waals surface area contributed by atoms with Gasteiger partial charge in [-0.1, -0.05) is 120 Å². The van der Waals surface area contributed by atoms with Crippen molar-refractivity contribution in [3.8, 4) is 23.7 Å². The van der Waals surface area contributed by atoms with Crippen LogP contribution in [0, 0.1) is 37.5 Å². The number of allylic oxidation sites excluding steroid dienone is 1. The van der Waals surface area contributed by atoms with Crippen LogP contribution in [0.15, 0.2) is 131 Å². The van der Waals surface area contributed by atoms with Crippen molar-refractivity contribution >= 4 is 20.0 Å². The first-order chi connectivity index (χ1) is 22.8. The standard InChI is InChI=1S/C39H40N2O5S2/c1-32(2)25-30-40(47(43,44)37-21-17-33(3)18-22-37)28-11-26-39(42,36-15-9-6-10-16-36)27-12-29-41(31-35-13-7-5-8-14-35)48(45,46)38-23-19-34(4)20-24-38/h5-10,13-25,42H,28-31H2,1-4H3. The summed E-state index contributed by atoms with van der Waals surface area (Å²) in [5.74, 6) is 11.3. The molecule has 0 fully saturated rings. The molecular weight excluding hydrogens is 641 g/mol. The van der Waals surface area contributed by atoms with E-state index in [2.05, 4.69) is 23.7 Å². The van der Waals surface area contributed by atoms with E-state index in [1.165, 1.54) is 8.61 Å². The van der Waals surface area contributed by atoms with Crippen LogP contribution in [0.25, 0.3) is 0 Å². The van der Waals surface area contributed by atoms with Gasteiger partial charge in [0.05, 0.1) is 22.9 Å². The molecule has 48 heavy (non-hydrogen) atoms. The molecule has 0 saturated carbocycles. The lowest BCUT2D eigenvalue weighted by molar-refractivity contribution is 0.164. The molecular formula is C39H40N2O5S2. The van der Waals surface area contributed by atoms with E-state index in [9.17, 15) is 21.9 Å². The van der Waals surface area contributed by atoms with E-state index in [4.69, 9.17) is 0 Å². The Labute approximate surface area is 285 Å². The molecule has 4 aromatic rings. The van der Waals surface area contributed by atoms with Crippen LogP contribution in [0.3, 0.4) is 0 Å². The topological polar surface area (TPSA) is 95.0 Å². The predicted molar refractivity (Wildman–Crippen MR) is 190 cm³/mol. The average Bonchev–Trinajstić information content (AvgIpc) is 3.07. The summed E-state index contributed by atoms with van der Waals surface area (Å²) in [5.41, 5.74) is 1.95. The van der Waals surface area contributed by atoms with Crippen LogP contribution in [-0.4, -0.2) is 50.2 Å². The number of aryl methyl sites for hydroxylation is 2. The van der Waals surface area contributed by atoms with E-state index >= 15 is 0 Å². The third kappa shape index (κ3) is 9.54. The summed E-state index contributed by atoms with van der Waals surface area (Å²) in [6.45, 7) is 7.25. The Kier molecular flexibility index (Phi) is 12.2. The predicted octanol–water partition coefficient (Wildman–Crippen LogP) is 6.05. The van der Waals surface area contributed by atoms with Gasteiger partial charge in [-0.25, -0.2) is 16.8 Å². The molecule has 0 spiro atoms. The zero-order valence-electron chi connectivity index (χ0n) is 27.6. The second-order valence-electron chi connectivity index (χ2n) is 11.6. The van der Waals surface area contributed by atoms with Crippen molar-refractivity contribution in [2.24, 2.45) is 0 Å². The van der Waals surface area contributed by atoms with Crippen molar-refractivity contribution in [1.82, 2.24) is 8.61 Å². The van der Waals surface area contributed by atoms with Crippen molar-refractivity contribution < 1.29 is 21.9 Å². The van der Waals surface area contributed by atoms with Crippen LogP contribution in [-0.2, 0) is 32.2 Å². The Balaban J connectivity index is 1.70. The van der Waals surface area contributed by atoms with Crippen molar-refractivity contribution in [3.63, 3.8) is 0 Å². The lowest BCUT2D eigenvalue weighted by atomic mass is 9.95. The molecule has 7 nitrogen and oxygen atoms in total. The minimum absolute atomic E-state index is 0.0668. The minimum Gasteiger partial charge on any atom is -0.364 e. The molecule has 0 saturated heterocycles. The summed E-state index contributed by atoms with van der Waals surface area (Å²) in [7, 11) is -7.86. The maximum absolute atomic E-state index is 13.8. The first-order valence-corrected chi connectivity index (χ1v) is 18.3. The number of nitrogens with zero attached hydrogens (tertiary/aromatic N) is 2. The normalized spacial score (nSPS) is 12.7. The molecule has 0 aliphatic rings. The van der Waals surface area contributed by atoms with E-state index in [1.807, 2.05) is 58.0 Å². The van der Waals surface area contributed by atoms with Crippen LogP contribution in [0.1, 0.15) is 36.1 Å². The van der Waals surface area contributed by atoms with E-state index in [0.29, 0.717) is 5.56 Å². The highest BCUT2D eigenvalue weighted by Gasteiger charge is 2.28. The van der Waals surface area contributed by atoms with Gasteiger partial charge in [0.1, 0.15) is 0 Å². The SMILES string of the molecule is CC(C)=CCN(CC#CC(O)(C#CCN(Cc1ccccc1)S(=O)(=O)c1ccc(C)cc1)c1ccccc1)S(=O)(=O)c1ccc(C)cc1. The smallest absolute Gasteiger partial charge is 0.244 e. The van der Waals surface area contributed by atoms with Gasteiger partial charge in [-0.05, 0) is 69.4 Å². The van der Waals surface area contributed by atoms with Crippen LogP contribution >= 0.6 is 0 Å². The summed E-state index contributed by atoms with van der Waals surface area (Å²) in [4.78, 5) is 0.277. The number of rotatable bonds is 11. The Morgan fingerprint density at radius 2 is 1.10 bits per heavy atom. The van der Waals surface area contributed by atoms with Crippen molar-refractivity contribution in [3.05, 3.63) is 143 Å². The van der Waals surface area contributed by atoms with E-state index in [1.54, 1.807) is 84.9 Å². The second-order valence-corrected chi connectivity index (χ2v) is 15.5. The van der Waals surface area contributed by atoms with Gasteiger partial charge in [0.2, 0.25) is 25.6 Å². The van der Waals surface area contributed by atoms with Gasteiger partial charge >= 0.3 is 0 Å². The molecule has 0 radical (unpaired) electrons. The highest BCUT2D eigenvalue weighted by molar-refractivity contribution is 7.89. The first-order valence-electron chi connectivity index (χ1n) is 15.4. The number of hydrogen-bond acceptors (Lipinski definition) is 5. The van der Waals surface area contributed by atoms with Crippen molar-refractivity contribution in [1.29, 1.82) is 0 Å². The van der Waals surface area contributed by atoms with Crippen LogP contribution in [0.2, 0.25) is 0 Å². The van der Waals surface area contributed by atoms with Gasteiger partial charge in [-0.15, -0.1) is 0 Å². The summed E-state index contributed by atoms with van der Waals surface area (Å²) >= 11 is 0. The fourth-order valence-corrected chi connectivity index (χ4v) is 7.24. The summed E-state index contributed by atoms with van der Waals surface area (Å²) < 4.78 is 57.2. The Hall–Kier alpha value is -4.48. The Morgan fingerprint density at radius 3 is 1.58 bits per heavy atom.